The van der Waals surface area contributed by atoms with Gasteiger partial charge >= 0.3 is 0 Å². The number of rotatable bonds is 4. The highest BCUT2D eigenvalue weighted by atomic mass is 32.2. The molecule has 1 amide bonds. The Bertz CT molecular complexity index is 1080. The Morgan fingerprint density at radius 3 is 2.70 bits per heavy atom. The molecule has 0 radical (unpaired) electrons. The highest BCUT2D eigenvalue weighted by molar-refractivity contribution is 7.89. The predicted molar refractivity (Wildman–Crippen MR) is 96.7 cm³/mol. The molecule has 1 aliphatic rings. The van der Waals surface area contributed by atoms with Crippen LogP contribution in [0, 0.1) is 0 Å². The summed E-state index contributed by atoms with van der Waals surface area (Å²) in [5, 5.41) is 23.5. The van der Waals surface area contributed by atoms with E-state index in [1.165, 1.54) is 49.7 Å². The number of carbonyl (C=O) groups is 1. The third-order valence-electron chi connectivity index (χ3n) is 3.72. The summed E-state index contributed by atoms with van der Waals surface area (Å²) in [6.45, 7) is 0. The molecule has 3 rings (SSSR count). The Morgan fingerprint density at radius 2 is 1.96 bits per heavy atom. The number of hydrazone groups is 1. The minimum atomic E-state index is -3.99. The van der Waals surface area contributed by atoms with Gasteiger partial charge in [-0.15, -0.1) is 0 Å². The molecule has 4 N–H and O–H groups in total. The number of aliphatic hydroxyl groups excluding tert-OH is 1. The fourth-order valence-corrected chi connectivity index (χ4v) is 3.70. The zero-order chi connectivity index (χ0) is 19.6. The first kappa shape index (κ1) is 18.3. The monoisotopic (exact) mass is 389 g/mol. The van der Waals surface area contributed by atoms with Crippen molar-refractivity contribution in [3.8, 4) is 11.5 Å². The van der Waals surface area contributed by atoms with Crippen molar-refractivity contribution < 1.29 is 28.2 Å². The van der Waals surface area contributed by atoms with Gasteiger partial charge in [-0.25, -0.2) is 13.8 Å². The average Bonchev–Trinajstić information content (AvgIpc) is 2.66. The molecule has 0 saturated carbocycles. The van der Waals surface area contributed by atoms with Gasteiger partial charge in [-0.3, -0.25) is 9.52 Å². The average molecular weight is 389 g/mol. The Labute approximate surface area is 154 Å². The second-order valence-electron chi connectivity index (χ2n) is 5.46. The van der Waals surface area contributed by atoms with Gasteiger partial charge in [0.1, 0.15) is 0 Å². The Morgan fingerprint density at radius 1 is 1.22 bits per heavy atom. The molecule has 0 bridgehead atoms. The number of fused-ring (bicyclic) bond motifs is 1. The van der Waals surface area contributed by atoms with E-state index in [0.29, 0.717) is 5.56 Å². The summed E-state index contributed by atoms with van der Waals surface area (Å²) in [5.41, 5.74) is 2.13. The normalized spacial score (nSPS) is 15.1. The molecular weight excluding hydrogens is 374 g/mol. The lowest BCUT2D eigenvalue weighted by Gasteiger charge is -2.20. The number of methoxy groups -OCH3 is 1. The summed E-state index contributed by atoms with van der Waals surface area (Å²) in [6, 6.07) is 10.2. The van der Waals surface area contributed by atoms with Gasteiger partial charge in [-0.2, -0.15) is 5.10 Å². The van der Waals surface area contributed by atoms with Gasteiger partial charge in [-0.05, 0) is 35.9 Å². The molecule has 2 aromatic carbocycles. The van der Waals surface area contributed by atoms with Crippen molar-refractivity contribution in [3.63, 3.8) is 0 Å². The van der Waals surface area contributed by atoms with Crippen LogP contribution in [0.2, 0.25) is 0 Å². The Hall–Kier alpha value is -3.53. The van der Waals surface area contributed by atoms with Crippen LogP contribution < -0.4 is 14.9 Å². The van der Waals surface area contributed by atoms with Crippen molar-refractivity contribution in [1.82, 2.24) is 10.1 Å². The number of hydrogen-bond donors (Lipinski definition) is 4. The van der Waals surface area contributed by atoms with Gasteiger partial charge in [0, 0.05) is 5.56 Å². The maximum atomic E-state index is 12.2. The smallest absolute Gasteiger partial charge is 0.292 e. The van der Waals surface area contributed by atoms with Crippen LogP contribution in [0.4, 0.5) is 0 Å². The van der Waals surface area contributed by atoms with Crippen LogP contribution in [0.25, 0.3) is 5.76 Å². The lowest BCUT2D eigenvalue weighted by atomic mass is 10.1. The van der Waals surface area contributed by atoms with Crippen LogP contribution in [0.3, 0.4) is 0 Å². The first-order valence-electron chi connectivity index (χ1n) is 7.59. The molecule has 0 fully saturated rings. The van der Waals surface area contributed by atoms with Gasteiger partial charge in [-0.1, -0.05) is 12.1 Å². The van der Waals surface area contributed by atoms with Crippen LogP contribution in [-0.2, 0) is 14.8 Å². The lowest BCUT2D eigenvalue weighted by Crippen LogP contribution is -2.37. The van der Waals surface area contributed by atoms with E-state index in [4.69, 9.17) is 4.74 Å². The van der Waals surface area contributed by atoms with E-state index >= 15 is 0 Å². The minimum absolute atomic E-state index is 0.0219. The number of phenolic OH excluding ortho intramolecular Hbond substituents is 1. The van der Waals surface area contributed by atoms with Crippen LogP contribution in [0.5, 0.6) is 11.5 Å². The molecule has 27 heavy (non-hydrogen) atoms. The molecule has 10 heteroatoms. The molecule has 0 spiro atoms. The topological polar surface area (TPSA) is 137 Å². The van der Waals surface area contributed by atoms with Gasteiger partial charge in [0.2, 0.25) is 0 Å². The number of phenols is 1. The zero-order valence-corrected chi connectivity index (χ0v) is 14.8. The van der Waals surface area contributed by atoms with E-state index in [1.807, 2.05) is 4.72 Å². The predicted octanol–water partition coefficient (Wildman–Crippen LogP) is 1.07. The van der Waals surface area contributed by atoms with E-state index in [9.17, 15) is 23.4 Å². The number of aliphatic hydroxyl groups is 1. The number of carbonyl (C=O) groups excluding carboxylic acids is 1. The number of hydrogen-bond acceptors (Lipinski definition) is 7. The van der Waals surface area contributed by atoms with E-state index in [-0.39, 0.29) is 22.0 Å². The standard InChI is InChI=1S/C17H15N3O6S/c1-26-13-8-10(6-7-12(13)21)9-18-19-17(23)15-16(22)11-4-2-3-5-14(11)27(24,25)20-15/h2-9,20-22H,1H3,(H,19,23)/b18-9+. The third kappa shape index (κ3) is 3.55. The fraction of sp³-hybridized carbons (Fsp3) is 0.0588. The molecule has 2 aromatic rings. The summed E-state index contributed by atoms with van der Waals surface area (Å²) in [4.78, 5) is 12.1. The molecule has 0 saturated heterocycles. The SMILES string of the molecule is COc1cc(/C=N/NC(=O)C2=C(O)c3ccccc3S(=O)(=O)N2)ccc1O. The Balaban J connectivity index is 1.83. The van der Waals surface area contributed by atoms with E-state index in [2.05, 4.69) is 10.5 Å². The maximum absolute atomic E-state index is 12.2. The van der Waals surface area contributed by atoms with Crippen molar-refractivity contribution in [2.45, 2.75) is 4.90 Å². The van der Waals surface area contributed by atoms with E-state index in [0.717, 1.165) is 0 Å². The number of aromatic hydroxyl groups is 1. The lowest BCUT2D eigenvalue weighted by molar-refractivity contribution is -0.117. The van der Waals surface area contributed by atoms with Crippen LogP contribution in [0.1, 0.15) is 11.1 Å². The van der Waals surface area contributed by atoms with Crippen molar-refractivity contribution in [2.24, 2.45) is 5.10 Å². The molecule has 0 atom stereocenters. The molecule has 0 unspecified atom stereocenters. The highest BCUT2D eigenvalue weighted by Gasteiger charge is 2.32. The third-order valence-corrected chi connectivity index (χ3v) is 5.12. The van der Waals surface area contributed by atoms with Gasteiger partial charge < -0.3 is 14.9 Å². The van der Waals surface area contributed by atoms with Crippen molar-refractivity contribution in [1.29, 1.82) is 0 Å². The molecule has 9 nitrogen and oxygen atoms in total. The first-order valence-corrected chi connectivity index (χ1v) is 9.07. The molecular formula is C17H15N3O6S. The summed E-state index contributed by atoms with van der Waals surface area (Å²) in [6.07, 6.45) is 1.27. The number of ether oxygens (including phenoxy) is 1. The number of amides is 1. The largest absolute Gasteiger partial charge is 0.505 e. The second kappa shape index (κ2) is 7.00. The summed E-state index contributed by atoms with van der Waals surface area (Å²) < 4.78 is 31.4. The Kier molecular flexibility index (Phi) is 4.74. The van der Waals surface area contributed by atoms with Crippen LogP contribution in [0.15, 0.2) is 58.2 Å². The maximum Gasteiger partial charge on any atom is 0.292 e. The highest BCUT2D eigenvalue weighted by Crippen LogP contribution is 2.28. The van der Waals surface area contributed by atoms with E-state index in [1.54, 1.807) is 6.07 Å². The summed E-state index contributed by atoms with van der Waals surface area (Å²) in [7, 11) is -2.60. The molecule has 0 aliphatic carbocycles. The van der Waals surface area contributed by atoms with Crippen LogP contribution in [-0.4, -0.2) is 37.9 Å². The number of nitrogens with zero attached hydrogens (tertiary/aromatic N) is 1. The van der Waals surface area contributed by atoms with Gasteiger partial charge in [0.15, 0.2) is 23.0 Å². The van der Waals surface area contributed by atoms with Crippen molar-refractivity contribution >= 4 is 27.9 Å². The number of nitrogens with one attached hydrogen (secondary N) is 2. The van der Waals surface area contributed by atoms with Crippen molar-refractivity contribution in [3.05, 3.63) is 59.3 Å². The van der Waals surface area contributed by atoms with Crippen molar-refractivity contribution in [2.75, 3.05) is 7.11 Å². The quantitative estimate of drug-likeness (QED) is 0.456. The van der Waals surface area contributed by atoms with Crippen LogP contribution >= 0.6 is 0 Å². The number of sulfonamides is 1. The van der Waals surface area contributed by atoms with Gasteiger partial charge in [0.25, 0.3) is 15.9 Å². The molecule has 1 heterocycles. The fourth-order valence-electron chi connectivity index (χ4n) is 2.42. The zero-order valence-electron chi connectivity index (χ0n) is 14.0. The first-order chi connectivity index (χ1) is 12.8. The number of benzene rings is 2. The molecule has 140 valence electrons. The van der Waals surface area contributed by atoms with E-state index < -0.39 is 27.4 Å². The molecule has 1 aliphatic heterocycles. The molecule has 0 aromatic heterocycles. The summed E-state index contributed by atoms with van der Waals surface area (Å²) >= 11 is 0. The summed E-state index contributed by atoms with van der Waals surface area (Å²) in [5.74, 6) is -1.27. The van der Waals surface area contributed by atoms with Gasteiger partial charge in [0.05, 0.1) is 18.2 Å². The minimum Gasteiger partial charge on any atom is -0.505 e. The second-order valence-corrected chi connectivity index (χ2v) is 7.11.